The molecule has 11 heteroatoms. The minimum atomic E-state index is -1.09. The standard InChI is InChI=1S/C37H48N4O6S/c1-7-46-36(44)37-19-23(37)12-10-8-9-11-15-41(5)35(43)27-17-24(16-26(27)33(42)40-37)47-31-18-28(34-39-29(20-48-34)21(2)3)38-32-22(4)30(45-6)14-13-25(31)32/h10,12,14,18,20-21,23-27H,7-9,11,13,15-17,19H2,1-6H3,(H,40,42)/b12-10-/t23?,24-,25?,26?,27-,37?/m1/s1. The maximum Gasteiger partial charge on any atom is 0.332 e. The first-order valence-electron chi connectivity index (χ1n) is 17.3. The van der Waals surface area contributed by atoms with Crippen molar-refractivity contribution in [1.82, 2.24) is 15.2 Å². The molecular weight excluding hydrogens is 628 g/mol. The van der Waals surface area contributed by atoms with E-state index in [0.29, 0.717) is 38.1 Å². The largest absolute Gasteiger partial charge is 0.497 e. The van der Waals surface area contributed by atoms with Gasteiger partial charge in [0.25, 0.3) is 0 Å². The SMILES string of the molecule is CCOC(=O)C12CC1/C=C\CCCCN(C)C(=O)[C@@H]1C[C@H](OC3=CC(c4nc(C(C)C)cs4)=NC4=C(C)C(OC)=CCC34)CC1C(=O)N2. The maximum atomic E-state index is 14.1. The number of allylic oxidation sites excluding steroid dienone is 4. The number of methoxy groups -OCH3 is 1. The first kappa shape index (κ1) is 34.1. The fourth-order valence-corrected chi connectivity index (χ4v) is 8.39. The summed E-state index contributed by atoms with van der Waals surface area (Å²) in [4.78, 5) is 52.9. The van der Waals surface area contributed by atoms with Gasteiger partial charge in [0, 0.05) is 36.5 Å². The van der Waals surface area contributed by atoms with Gasteiger partial charge >= 0.3 is 5.97 Å². The highest BCUT2D eigenvalue weighted by Gasteiger charge is 2.62. The highest BCUT2D eigenvalue weighted by Crippen LogP contribution is 2.48. The highest BCUT2D eigenvalue weighted by atomic mass is 32.1. The number of nitrogens with zero attached hydrogens (tertiary/aromatic N) is 3. The van der Waals surface area contributed by atoms with Crippen LogP contribution in [0.3, 0.4) is 0 Å². The van der Waals surface area contributed by atoms with Gasteiger partial charge in [-0.15, -0.1) is 11.3 Å². The average molecular weight is 677 g/mol. The van der Waals surface area contributed by atoms with Crippen LogP contribution in [0.25, 0.3) is 0 Å². The number of ether oxygens (including phenoxy) is 3. The Hall–Kier alpha value is -3.73. The molecule has 2 aliphatic heterocycles. The van der Waals surface area contributed by atoms with Crippen molar-refractivity contribution in [3.8, 4) is 0 Å². The molecule has 4 unspecified atom stereocenters. The highest BCUT2D eigenvalue weighted by molar-refractivity contribution is 7.12. The number of thiazole rings is 1. The molecule has 1 aromatic rings. The molecule has 1 N–H and O–H groups in total. The number of hydrogen-bond donors (Lipinski definition) is 1. The summed E-state index contributed by atoms with van der Waals surface area (Å²) in [6.45, 7) is 8.88. The number of dihydropyridines is 1. The second kappa shape index (κ2) is 14.0. The quantitative estimate of drug-likeness (QED) is 0.285. The van der Waals surface area contributed by atoms with Gasteiger partial charge in [0.2, 0.25) is 11.8 Å². The number of nitrogens with one attached hydrogen (secondary N) is 1. The van der Waals surface area contributed by atoms with E-state index in [0.717, 1.165) is 58.5 Å². The Balaban J connectivity index is 1.30. The average Bonchev–Trinajstić information content (AvgIpc) is 3.37. The Morgan fingerprint density at radius 1 is 1.21 bits per heavy atom. The minimum absolute atomic E-state index is 0.0583. The van der Waals surface area contributed by atoms with Gasteiger partial charge in [-0.05, 0) is 70.8 Å². The lowest BCUT2D eigenvalue weighted by atomic mass is 9.87. The van der Waals surface area contributed by atoms with Crippen LogP contribution in [0.2, 0.25) is 0 Å². The first-order valence-corrected chi connectivity index (χ1v) is 18.2. The Bertz CT molecular complexity index is 1600. The zero-order valence-corrected chi connectivity index (χ0v) is 29.7. The number of aliphatic imine (C=N–C) groups is 1. The van der Waals surface area contributed by atoms with E-state index in [1.54, 1.807) is 30.3 Å². The lowest BCUT2D eigenvalue weighted by Crippen LogP contribution is -2.50. The minimum Gasteiger partial charge on any atom is -0.497 e. The van der Waals surface area contributed by atoms with E-state index in [1.165, 1.54) is 0 Å². The van der Waals surface area contributed by atoms with E-state index in [4.69, 9.17) is 24.2 Å². The van der Waals surface area contributed by atoms with Crippen molar-refractivity contribution >= 4 is 34.8 Å². The molecule has 6 atom stereocenters. The molecule has 258 valence electrons. The van der Waals surface area contributed by atoms with Crippen LogP contribution in [-0.2, 0) is 28.6 Å². The third-order valence-corrected chi connectivity index (χ3v) is 11.3. The van der Waals surface area contributed by atoms with Crippen LogP contribution >= 0.6 is 11.3 Å². The molecule has 1 aromatic heterocycles. The number of carbonyl (C=O) groups excluding carboxylic acids is 3. The first-order chi connectivity index (χ1) is 23.1. The molecule has 2 saturated carbocycles. The zero-order valence-electron chi connectivity index (χ0n) is 28.9. The zero-order chi connectivity index (χ0) is 34.2. The fraction of sp³-hybridized carbons (Fsp3) is 0.595. The summed E-state index contributed by atoms with van der Waals surface area (Å²) in [6.07, 6.45) is 12.4. The van der Waals surface area contributed by atoms with Crippen LogP contribution in [0, 0.1) is 23.7 Å². The van der Waals surface area contributed by atoms with E-state index in [1.807, 2.05) is 26.1 Å². The Morgan fingerprint density at radius 2 is 2.00 bits per heavy atom. The number of fused-ring (bicyclic) bond motifs is 3. The molecule has 3 aliphatic carbocycles. The van der Waals surface area contributed by atoms with Crippen molar-refractivity contribution in [3.05, 3.63) is 63.2 Å². The van der Waals surface area contributed by atoms with Gasteiger partial charge < -0.3 is 24.4 Å². The molecule has 48 heavy (non-hydrogen) atoms. The number of amides is 2. The Labute approximate surface area is 287 Å². The lowest BCUT2D eigenvalue weighted by Gasteiger charge is -2.31. The van der Waals surface area contributed by atoms with Crippen molar-refractivity contribution in [1.29, 1.82) is 0 Å². The lowest BCUT2D eigenvalue weighted by molar-refractivity contribution is -0.150. The normalized spacial score (nSPS) is 31.4. The summed E-state index contributed by atoms with van der Waals surface area (Å²) in [6, 6.07) is 0. The molecule has 0 radical (unpaired) electrons. The summed E-state index contributed by atoms with van der Waals surface area (Å²) < 4.78 is 17.9. The number of esters is 1. The van der Waals surface area contributed by atoms with Gasteiger partial charge in [-0.25, -0.2) is 14.8 Å². The van der Waals surface area contributed by atoms with Gasteiger partial charge in [0.1, 0.15) is 27.8 Å². The van der Waals surface area contributed by atoms with Crippen molar-refractivity contribution < 1.29 is 28.6 Å². The summed E-state index contributed by atoms with van der Waals surface area (Å²) >= 11 is 1.56. The molecule has 5 aliphatic rings. The topological polar surface area (TPSA) is 119 Å². The molecule has 0 aromatic carbocycles. The van der Waals surface area contributed by atoms with E-state index >= 15 is 0 Å². The van der Waals surface area contributed by atoms with Gasteiger partial charge in [-0.3, -0.25) is 9.59 Å². The Morgan fingerprint density at radius 3 is 2.73 bits per heavy atom. The predicted octanol–water partition coefficient (Wildman–Crippen LogP) is 5.83. The molecule has 0 spiro atoms. The van der Waals surface area contributed by atoms with Crippen molar-refractivity contribution in [2.45, 2.75) is 90.2 Å². The fourth-order valence-electron chi connectivity index (χ4n) is 7.45. The number of hydrogen-bond acceptors (Lipinski definition) is 9. The predicted molar refractivity (Wildman–Crippen MR) is 184 cm³/mol. The molecular formula is C37H48N4O6S. The van der Waals surface area contributed by atoms with Crippen LogP contribution in [0.4, 0.5) is 0 Å². The van der Waals surface area contributed by atoms with Crippen LogP contribution in [0.5, 0.6) is 0 Å². The molecule has 2 amide bonds. The second-order valence-electron chi connectivity index (χ2n) is 13.9. The monoisotopic (exact) mass is 676 g/mol. The van der Waals surface area contributed by atoms with E-state index < -0.39 is 23.3 Å². The summed E-state index contributed by atoms with van der Waals surface area (Å²) in [5.74, 6) is -0.358. The summed E-state index contributed by atoms with van der Waals surface area (Å²) in [7, 11) is 3.49. The number of carbonyl (C=O) groups is 3. The maximum absolute atomic E-state index is 14.1. The number of aromatic nitrogens is 1. The molecule has 0 saturated heterocycles. The van der Waals surface area contributed by atoms with Crippen molar-refractivity contribution in [2.75, 3.05) is 27.3 Å². The van der Waals surface area contributed by atoms with Crippen LogP contribution in [0.15, 0.2) is 57.5 Å². The van der Waals surface area contributed by atoms with Crippen molar-refractivity contribution in [3.63, 3.8) is 0 Å². The molecule has 6 rings (SSSR count). The smallest absolute Gasteiger partial charge is 0.332 e. The molecule has 3 heterocycles. The van der Waals surface area contributed by atoms with Crippen LogP contribution < -0.4 is 5.32 Å². The number of rotatable bonds is 7. The summed E-state index contributed by atoms with van der Waals surface area (Å²) in [5.41, 5.74) is 2.50. The van der Waals surface area contributed by atoms with Gasteiger partial charge in [0.05, 0.1) is 49.0 Å². The third-order valence-electron chi connectivity index (χ3n) is 10.4. The van der Waals surface area contributed by atoms with Gasteiger partial charge in [-0.1, -0.05) is 26.0 Å². The van der Waals surface area contributed by atoms with Crippen LogP contribution in [-0.4, -0.2) is 72.3 Å². The van der Waals surface area contributed by atoms with Crippen molar-refractivity contribution in [2.24, 2.45) is 28.7 Å². The second-order valence-corrected chi connectivity index (χ2v) is 14.8. The molecule has 10 nitrogen and oxygen atoms in total. The van der Waals surface area contributed by atoms with Crippen LogP contribution in [0.1, 0.15) is 89.3 Å². The third kappa shape index (κ3) is 6.62. The molecule has 2 fully saturated rings. The van der Waals surface area contributed by atoms with E-state index in [-0.39, 0.29) is 36.4 Å². The van der Waals surface area contributed by atoms with E-state index in [2.05, 4.69) is 36.7 Å². The van der Waals surface area contributed by atoms with Gasteiger partial charge in [0.15, 0.2) is 0 Å². The summed E-state index contributed by atoms with van der Waals surface area (Å²) in [5, 5.41) is 5.97. The van der Waals surface area contributed by atoms with E-state index in [9.17, 15) is 14.4 Å². The Kier molecular flexibility index (Phi) is 9.97. The van der Waals surface area contributed by atoms with Gasteiger partial charge in [-0.2, -0.15) is 0 Å². The molecule has 0 bridgehead atoms.